The molecule has 1 aromatic rings. The third kappa shape index (κ3) is 4.02. The van der Waals surface area contributed by atoms with Crippen LogP contribution in [0.4, 0.5) is 5.95 Å². The molecule has 124 valence electrons. The van der Waals surface area contributed by atoms with E-state index in [1.807, 2.05) is 19.0 Å². The number of aromatic amines is 1. The van der Waals surface area contributed by atoms with Gasteiger partial charge in [-0.1, -0.05) is 5.92 Å². The standard InChI is InChI=1S/C16H23N5O2/c1-21(2)16-18-15(19-20-16)11-7-12(13(22)8-11)9-17-14(23)6-5-10-3-4-10/h10-13,22H,3-4,7-9H2,1-2H3,(H,17,23)(H,18,19,20)/t11-,12+,13+/m0/s1. The second-order valence-corrected chi connectivity index (χ2v) is 6.66. The molecule has 2 aliphatic carbocycles. The number of hydrogen-bond donors (Lipinski definition) is 3. The summed E-state index contributed by atoms with van der Waals surface area (Å²) in [7, 11) is 3.77. The Bertz CT molecular complexity index is 626. The van der Waals surface area contributed by atoms with E-state index >= 15 is 0 Å². The topological polar surface area (TPSA) is 94.1 Å². The zero-order valence-corrected chi connectivity index (χ0v) is 13.5. The molecule has 3 rings (SSSR count). The van der Waals surface area contributed by atoms with E-state index in [1.54, 1.807) is 0 Å². The summed E-state index contributed by atoms with van der Waals surface area (Å²) in [5.41, 5.74) is 0. The Morgan fingerprint density at radius 3 is 2.87 bits per heavy atom. The molecule has 0 saturated heterocycles. The van der Waals surface area contributed by atoms with Crippen LogP contribution >= 0.6 is 0 Å². The molecule has 1 heterocycles. The van der Waals surface area contributed by atoms with Gasteiger partial charge < -0.3 is 15.3 Å². The highest BCUT2D eigenvalue weighted by Gasteiger charge is 2.35. The van der Waals surface area contributed by atoms with Gasteiger partial charge in [0.15, 0.2) is 0 Å². The molecule has 0 aliphatic heterocycles. The second-order valence-electron chi connectivity index (χ2n) is 6.66. The summed E-state index contributed by atoms with van der Waals surface area (Å²) in [6.07, 6.45) is 3.19. The van der Waals surface area contributed by atoms with Gasteiger partial charge in [0.25, 0.3) is 5.91 Å². The molecule has 0 radical (unpaired) electrons. The largest absolute Gasteiger partial charge is 0.393 e. The van der Waals surface area contributed by atoms with Gasteiger partial charge in [0, 0.05) is 38.4 Å². The van der Waals surface area contributed by atoms with E-state index in [4.69, 9.17) is 0 Å². The van der Waals surface area contributed by atoms with Gasteiger partial charge >= 0.3 is 0 Å². The number of nitrogens with zero attached hydrogens (tertiary/aromatic N) is 3. The number of aromatic nitrogens is 3. The molecule has 0 spiro atoms. The molecule has 3 N–H and O–H groups in total. The first-order chi connectivity index (χ1) is 11.0. The van der Waals surface area contributed by atoms with E-state index in [-0.39, 0.29) is 17.7 Å². The van der Waals surface area contributed by atoms with Crippen LogP contribution in [0.3, 0.4) is 0 Å². The maximum atomic E-state index is 11.7. The highest BCUT2D eigenvalue weighted by atomic mass is 16.3. The van der Waals surface area contributed by atoms with Crippen LogP contribution < -0.4 is 10.2 Å². The van der Waals surface area contributed by atoms with Crippen molar-refractivity contribution >= 4 is 11.9 Å². The van der Waals surface area contributed by atoms with Crippen molar-refractivity contribution in [2.45, 2.75) is 37.7 Å². The molecule has 7 heteroatoms. The second kappa shape index (κ2) is 6.59. The SMILES string of the molecule is CN(C)c1n[nH]c([C@H]2C[C@H](CNC(=O)C#CC3CC3)[C@H](O)C2)n1. The monoisotopic (exact) mass is 317 g/mol. The van der Waals surface area contributed by atoms with Gasteiger partial charge in [0.1, 0.15) is 5.82 Å². The number of carbonyl (C=O) groups excluding carboxylic acids is 1. The molecule has 2 aliphatic rings. The minimum Gasteiger partial charge on any atom is -0.393 e. The molecule has 7 nitrogen and oxygen atoms in total. The first-order valence-electron chi connectivity index (χ1n) is 8.10. The van der Waals surface area contributed by atoms with Crippen molar-refractivity contribution in [3.63, 3.8) is 0 Å². The van der Waals surface area contributed by atoms with Crippen molar-refractivity contribution in [1.82, 2.24) is 20.5 Å². The average molecular weight is 317 g/mol. The van der Waals surface area contributed by atoms with Crippen molar-refractivity contribution in [2.24, 2.45) is 11.8 Å². The lowest BCUT2D eigenvalue weighted by Crippen LogP contribution is -2.31. The summed E-state index contributed by atoms with van der Waals surface area (Å²) >= 11 is 0. The number of aliphatic hydroxyl groups excluding tert-OH is 1. The summed E-state index contributed by atoms with van der Waals surface area (Å²) in [5.74, 6) is 7.35. The Hall–Kier alpha value is -2.07. The molecule has 0 bridgehead atoms. The molecule has 3 atom stereocenters. The summed E-state index contributed by atoms with van der Waals surface area (Å²) in [6.45, 7) is 0.449. The molecule has 1 amide bonds. The lowest BCUT2D eigenvalue weighted by atomic mass is 10.0. The van der Waals surface area contributed by atoms with E-state index in [9.17, 15) is 9.90 Å². The molecule has 0 aromatic carbocycles. The van der Waals surface area contributed by atoms with Gasteiger partial charge in [-0.05, 0) is 31.6 Å². The van der Waals surface area contributed by atoms with E-state index in [1.165, 1.54) is 0 Å². The third-order valence-electron chi connectivity index (χ3n) is 4.43. The Morgan fingerprint density at radius 1 is 1.43 bits per heavy atom. The highest BCUT2D eigenvalue weighted by molar-refractivity contribution is 5.93. The number of carbonyl (C=O) groups is 1. The maximum absolute atomic E-state index is 11.7. The van der Waals surface area contributed by atoms with E-state index in [2.05, 4.69) is 32.3 Å². The predicted octanol–water partition coefficient (Wildman–Crippen LogP) is 0.255. The van der Waals surface area contributed by atoms with Crippen LogP contribution in [0.5, 0.6) is 0 Å². The fourth-order valence-electron chi connectivity index (χ4n) is 2.86. The average Bonchev–Trinajstić information content (AvgIpc) is 3.06. The number of rotatable bonds is 4. The minimum absolute atomic E-state index is 0.0274. The number of aliphatic hydroxyl groups is 1. The zero-order chi connectivity index (χ0) is 16.4. The smallest absolute Gasteiger partial charge is 0.295 e. The molecule has 0 unspecified atom stereocenters. The van der Waals surface area contributed by atoms with Crippen LogP contribution in [-0.2, 0) is 4.79 Å². The number of nitrogens with one attached hydrogen (secondary N) is 2. The Balaban J connectivity index is 1.51. The third-order valence-corrected chi connectivity index (χ3v) is 4.43. The summed E-state index contributed by atoms with van der Waals surface area (Å²) in [4.78, 5) is 18.0. The summed E-state index contributed by atoms with van der Waals surface area (Å²) in [5, 5.41) is 20.1. The van der Waals surface area contributed by atoms with Crippen molar-refractivity contribution in [1.29, 1.82) is 0 Å². The van der Waals surface area contributed by atoms with Crippen molar-refractivity contribution in [2.75, 3.05) is 25.5 Å². The predicted molar refractivity (Wildman–Crippen MR) is 85.7 cm³/mol. The van der Waals surface area contributed by atoms with Crippen molar-refractivity contribution < 1.29 is 9.90 Å². The number of amides is 1. The fraction of sp³-hybridized carbons (Fsp3) is 0.688. The van der Waals surface area contributed by atoms with Gasteiger partial charge in [-0.15, -0.1) is 5.10 Å². The Morgan fingerprint density at radius 2 is 2.22 bits per heavy atom. The van der Waals surface area contributed by atoms with Gasteiger partial charge in [-0.25, -0.2) is 0 Å². The van der Waals surface area contributed by atoms with Crippen molar-refractivity contribution in [3.8, 4) is 11.8 Å². The molecule has 2 fully saturated rings. The molecular weight excluding hydrogens is 294 g/mol. The summed E-state index contributed by atoms with van der Waals surface area (Å²) in [6, 6.07) is 0. The Kier molecular flexibility index (Phi) is 4.53. The van der Waals surface area contributed by atoms with E-state index in [0.717, 1.165) is 25.1 Å². The van der Waals surface area contributed by atoms with E-state index < -0.39 is 6.10 Å². The number of anilines is 1. The first kappa shape index (κ1) is 15.8. The fourth-order valence-corrected chi connectivity index (χ4v) is 2.86. The van der Waals surface area contributed by atoms with Crippen LogP contribution in [0.15, 0.2) is 0 Å². The van der Waals surface area contributed by atoms with Crippen molar-refractivity contribution in [3.05, 3.63) is 5.82 Å². The van der Waals surface area contributed by atoms with Crippen LogP contribution in [0.2, 0.25) is 0 Å². The van der Waals surface area contributed by atoms with Gasteiger partial charge in [-0.2, -0.15) is 4.98 Å². The minimum atomic E-state index is -0.440. The quantitative estimate of drug-likeness (QED) is 0.692. The summed E-state index contributed by atoms with van der Waals surface area (Å²) < 4.78 is 0. The van der Waals surface area contributed by atoms with Crippen LogP contribution in [0, 0.1) is 23.7 Å². The van der Waals surface area contributed by atoms with Gasteiger partial charge in [0.05, 0.1) is 6.10 Å². The normalized spacial score (nSPS) is 26.5. The van der Waals surface area contributed by atoms with Crippen LogP contribution in [0.1, 0.15) is 37.4 Å². The Labute approximate surface area is 135 Å². The number of hydrogen-bond acceptors (Lipinski definition) is 5. The lowest BCUT2D eigenvalue weighted by Gasteiger charge is -2.13. The van der Waals surface area contributed by atoms with Gasteiger partial charge in [-0.3, -0.25) is 9.89 Å². The number of H-pyrrole nitrogens is 1. The highest BCUT2D eigenvalue weighted by Crippen LogP contribution is 2.37. The van der Waals surface area contributed by atoms with Gasteiger partial charge in [0.2, 0.25) is 5.95 Å². The van der Waals surface area contributed by atoms with E-state index in [0.29, 0.717) is 24.8 Å². The maximum Gasteiger partial charge on any atom is 0.295 e. The molecule has 23 heavy (non-hydrogen) atoms. The molecule has 1 aromatic heterocycles. The first-order valence-corrected chi connectivity index (χ1v) is 8.10. The van der Waals surface area contributed by atoms with Crippen LogP contribution in [-0.4, -0.2) is 52.9 Å². The molecule has 2 saturated carbocycles. The van der Waals surface area contributed by atoms with Crippen LogP contribution in [0.25, 0.3) is 0 Å². The zero-order valence-electron chi connectivity index (χ0n) is 13.5. The lowest BCUT2D eigenvalue weighted by molar-refractivity contribution is -0.116. The molecular formula is C16H23N5O2.